The fourth-order valence-electron chi connectivity index (χ4n) is 1.90. The van der Waals surface area contributed by atoms with E-state index in [2.05, 4.69) is 26.3 Å². The van der Waals surface area contributed by atoms with Crippen LogP contribution < -0.4 is 5.32 Å². The summed E-state index contributed by atoms with van der Waals surface area (Å²) in [5.41, 5.74) is 0.613. The monoisotopic (exact) mass is 361 g/mol. The molecule has 0 saturated carbocycles. The van der Waals surface area contributed by atoms with E-state index >= 15 is 0 Å². The van der Waals surface area contributed by atoms with Gasteiger partial charge in [-0.15, -0.1) is 11.3 Å². The number of thiophene rings is 1. The molecule has 0 aliphatic rings. The van der Waals surface area contributed by atoms with Crippen LogP contribution in [0.5, 0.6) is 0 Å². The van der Waals surface area contributed by atoms with Gasteiger partial charge in [-0.25, -0.2) is 4.68 Å². The number of benzene rings is 1. The molecule has 0 fully saturated rings. The molecule has 21 heavy (non-hydrogen) atoms. The molecule has 0 radical (unpaired) electrons. The van der Waals surface area contributed by atoms with Gasteiger partial charge in [-0.05, 0) is 35.7 Å². The van der Waals surface area contributed by atoms with Crippen molar-refractivity contribution in [2.24, 2.45) is 0 Å². The van der Waals surface area contributed by atoms with Crippen LogP contribution in [0.2, 0.25) is 0 Å². The summed E-state index contributed by atoms with van der Waals surface area (Å²) in [4.78, 5) is 13.4. The zero-order valence-electron chi connectivity index (χ0n) is 11.0. The molecule has 2 heterocycles. The van der Waals surface area contributed by atoms with E-state index in [0.717, 1.165) is 4.47 Å². The minimum absolute atomic E-state index is 0.143. The van der Waals surface area contributed by atoms with Crippen LogP contribution in [0.25, 0.3) is 0 Å². The first-order valence-corrected chi connectivity index (χ1v) is 8.01. The molecule has 1 N–H and O–H groups in total. The number of carbonyl (C=O) groups excluding carboxylic acids is 1. The van der Waals surface area contributed by atoms with E-state index in [1.54, 1.807) is 40.4 Å². The second-order valence-electron chi connectivity index (χ2n) is 4.41. The van der Waals surface area contributed by atoms with Gasteiger partial charge < -0.3 is 5.32 Å². The Hall–Kier alpha value is -1.92. The van der Waals surface area contributed by atoms with Gasteiger partial charge in [0.2, 0.25) is 0 Å². The average molecular weight is 362 g/mol. The number of anilines is 1. The predicted octanol–water partition coefficient (Wildman–Crippen LogP) is 4.01. The number of hydrogen-bond acceptors (Lipinski definition) is 3. The van der Waals surface area contributed by atoms with Gasteiger partial charge in [0.05, 0.1) is 12.7 Å². The molecule has 3 aromatic rings. The number of halogens is 1. The third-order valence-electron chi connectivity index (χ3n) is 2.95. The van der Waals surface area contributed by atoms with Crippen molar-refractivity contribution in [1.29, 1.82) is 0 Å². The van der Waals surface area contributed by atoms with Crippen LogP contribution in [0.1, 0.15) is 15.2 Å². The molecule has 0 bridgehead atoms. The Balaban J connectivity index is 1.74. The Morgan fingerprint density at radius 1 is 1.24 bits per heavy atom. The zero-order valence-corrected chi connectivity index (χ0v) is 13.4. The topological polar surface area (TPSA) is 46.9 Å². The summed E-state index contributed by atoms with van der Waals surface area (Å²) in [6, 6.07) is 13.1. The lowest BCUT2D eigenvalue weighted by atomic mass is 10.2. The third kappa shape index (κ3) is 3.40. The Labute approximate surface area is 134 Å². The highest BCUT2D eigenvalue weighted by molar-refractivity contribution is 9.10. The van der Waals surface area contributed by atoms with Gasteiger partial charge in [-0.1, -0.05) is 22.0 Å². The van der Waals surface area contributed by atoms with Crippen molar-refractivity contribution in [2.45, 2.75) is 6.54 Å². The van der Waals surface area contributed by atoms with Crippen LogP contribution in [0.3, 0.4) is 0 Å². The first-order valence-electron chi connectivity index (χ1n) is 6.33. The lowest BCUT2D eigenvalue weighted by Crippen LogP contribution is -2.15. The number of hydrogen-bond donors (Lipinski definition) is 1. The van der Waals surface area contributed by atoms with Gasteiger partial charge in [0.15, 0.2) is 0 Å². The number of amides is 1. The maximum atomic E-state index is 12.2. The summed E-state index contributed by atoms with van der Waals surface area (Å²) in [6.07, 6.45) is 1.69. The minimum atomic E-state index is -0.143. The Morgan fingerprint density at radius 2 is 2.05 bits per heavy atom. The molecule has 0 aliphatic heterocycles. The van der Waals surface area contributed by atoms with E-state index in [4.69, 9.17) is 0 Å². The van der Waals surface area contributed by atoms with E-state index in [9.17, 15) is 4.79 Å². The second-order valence-corrected chi connectivity index (χ2v) is 6.36. The number of carbonyl (C=O) groups is 1. The Kier molecular flexibility index (Phi) is 4.17. The first kappa shape index (κ1) is 14.0. The van der Waals surface area contributed by atoms with Crippen molar-refractivity contribution in [3.63, 3.8) is 0 Å². The van der Waals surface area contributed by atoms with Gasteiger partial charge in [0, 0.05) is 21.0 Å². The molecule has 1 aromatic carbocycles. The number of nitrogens with zero attached hydrogens (tertiary/aromatic N) is 2. The van der Waals surface area contributed by atoms with Gasteiger partial charge >= 0.3 is 0 Å². The van der Waals surface area contributed by atoms with Crippen LogP contribution >= 0.6 is 27.3 Å². The smallest absolute Gasteiger partial charge is 0.256 e. The third-order valence-corrected chi connectivity index (χ3v) is 4.34. The highest BCUT2D eigenvalue weighted by atomic mass is 79.9. The molecule has 0 saturated heterocycles. The fourth-order valence-corrected chi connectivity index (χ4v) is 2.85. The van der Waals surface area contributed by atoms with Gasteiger partial charge in [-0.2, -0.15) is 5.10 Å². The normalized spacial score (nSPS) is 10.5. The molecule has 106 valence electrons. The molecule has 4 nitrogen and oxygen atoms in total. The van der Waals surface area contributed by atoms with Crippen LogP contribution in [-0.2, 0) is 6.54 Å². The molecule has 0 aliphatic carbocycles. The zero-order chi connectivity index (χ0) is 14.7. The molecule has 0 spiro atoms. The molecule has 0 unspecified atom stereocenters. The Morgan fingerprint density at radius 3 is 2.76 bits per heavy atom. The molecule has 2 aromatic heterocycles. The lowest BCUT2D eigenvalue weighted by molar-refractivity contribution is 0.102. The van der Waals surface area contributed by atoms with Gasteiger partial charge in [0.1, 0.15) is 5.82 Å². The summed E-state index contributed by atoms with van der Waals surface area (Å²) in [5, 5.41) is 9.17. The standard InChI is InChI=1S/C15H12BrN3OS/c16-12-5-3-11(4-6-12)15(20)18-14-7-8-17-19(14)10-13-2-1-9-21-13/h1-9H,10H2,(H,18,20). The maximum Gasteiger partial charge on any atom is 0.256 e. The van der Waals surface area contributed by atoms with Crippen molar-refractivity contribution in [3.8, 4) is 0 Å². The van der Waals surface area contributed by atoms with Gasteiger partial charge in [-0.3, -0.25) is 4.79 Å². The second kappa shape index (κ2) is 6.24. The van der Waals surface area contributed by atoms with Crippen molar-refractivity contribution >= 4 is 39.0 Å². The predicted molar refractivity (Wildman–Crippen MR) is 87.7 cm³/mol. The minimum Gasteiger partial charge on any atom is -0.307 e. The number of aromatic nitrogens is 2. The fraction of sp³-hybridized carbons (Fsp3) is 0.0667. The molecule has 1 amide bonds. The highest BCUT2D eigenvalue weighted by Crippen LogP contribution is 2.16. The van der Waals surface area contributed by atoms with Crippen LogP contribution in [0, 0.1) is 0 Å². The van der Waals surface area contributed by atoms with E-state index < -0.39 is 0 Å². The number of nitrogens with one attached hydrogen (secondary N) is 1. The van der Waals surface area contributed by atoms with Crippen LogP contribution in [-0.4, -0.2) is 15.7 Å². The molecule has 6 heteroatoms. The van der Waals surface area contributed by atoms with Crippen molar-refractivity contribution < 1.29 is 4.79 Å². The largest absolute Gasteiger partial charge is 0.307 e. The van der Waals surface area contributed by atoms with Crippen molar-refractivity contribution in [2.75, 3.05) is 5.32 Å². The first-order chi connectivity index (χ1) is 10.2. The average Bonchev–Trinajstić information content (AvgIpc) is 3.13. The number of rotatable bonds is 4. The van der Waals surface area contributed by atoms with E-state index in [1.165, 1.54) is 4.88 Å². The highest BCUT2D eigenvalue weighted by Gasteiger charge is 2.10. The van der Waals surface area contributed by atoms with Crippen LogP contribution in [0.4, 0.5) is 5.82 Å². The summed E-state index contributed by atoms with van der Waals surface area (Å²) in [5.74, 6) is 0.548. The van der Waals surface area contributed by atoms with Crippen molar-refractivity contribution in [3.05, 3.63) is 69.0 Å². The molecular formula is C15H12BrN3OS. The van der Waals surface area contributed by atoms with Gasteiger partial charge in [0.25, 0.3) is 5.91 Å². The summed E-state index contributed by atoms with van der Waals surface area (Å²) < 4.78 is 2.73. The summed E-state index contributed by atoms with van der Waals surface area (Å²) in [7, 11) is 0. The lowest BCUT2D eigenvalue weighted by Gasteiger charge is -2.08. The molecule has 3 rings (SSSR count). The SMILES string of the molecule is O=C(Nc1ccnn1Cc1cccs1)c1ccc(Br)cc1. The molecular weight excluding hydrogens is 350 g/mol. The van der Waals surface area contributed by atoms with Crippen LogP contribution in [0.15, 0.2) is 58.5 Å². The Bertz CT molecular complexity index is 735. The quantitative estimate of drug-likeness (QED) is 0.762. The summed E-state index contributed by atoms with van der Waals surface area (Å²) >= 11 is 5.02. The maximum absolute atomic E-state index is 12.2. The van der Waals surface area contributed by atoms with Crippen molar-refractivity contribution in [1.82, 2.24) is 9.78 Å². The van der Waals surface area contributed by atoms with E-state index in [1.807, 2.05) is 29.6 Å². The van der Waals surface area contributed by atoms with E-state index in [-0.39, 0.29) is 5.91 Å². The molecule has 0 atom stereocenters. The van der Waals surface area contributed by atoms with E-state index in [0.29, 0.717) is 17.9 Å². The summed E-state index contributed by atoms with van der Waals surface area (Å²) in [6.45, 7) is 0.653.